The third kappa shape index (κ3) is 2.53. The summed E-state index contributed by atoms with van der Waals surface area (Å²) in [5.74, 6) is 0.0210. The lowest BCUT2D eigenvalue weighted by atomic mass is 10.1. The highest BCUT2D eigenvalue weighted by molar-refractivity contribution is 5.97. The van der Waals surface area contributed by atoms with E-state index in [0.717, 1.165) is 12.1 Å². The maximum atomic E-state index is 11.8. The number of rotatable bonds is 4. The van der Waals surface area contributed by atoms with Gasteiger partial charge in [0.2, 0.25) is 0 Å². The largest absolute Gasteiger partial charge is 0.395 e. The highest BCUT2D eigenvalue weighted by atomic mass is 16.2. The van der Waals surface area contributed by atoms with Gasteiger partial charge in [-0.15, -0.1) is 0 Å². The molecule has 0 radical (unpaired) electrons. The van der Waals surface area contributed by atoms with Gasteiger partial charge in [0.1, 0.15) is 0 Å². The average Bonchev–Trinajstić information content (AvgIpc) is 2.59. The maximum Gasteiger partial charge on any atom is 0.274 e. The quantitative estimate of drug-likeness (QED) is 0.727. The normalized spacial score (nSPS) is 12.8. The van der Waals surface area contributed by atoms with Crippen molar-refractivity contribution in [2.24, 2.45) is 0 Å². The molecule has 4 N–H and O–H groups in total. The number of hydrogen-bond acceptors (Lipinski definition) is 3. The smallest absolute Gasteiger partial charge is 0.274 e. The van der Waals surface area contributed by atoms with Crippen LogP contribution in [-0.2, 0) is 0 Å². The Morgan fingerprint density at radius 2 is 2.12 bits per heavy atom. The summed E-state index contributed by atoms with van der Waals surface area (Å²) in [5.41, 5.74) is 7.43. The molecule has 1 amide bonds. The van der Waals surface area contributed by atoms with Crippen molar-refractivity contribution in [2.75, 3.05) is 5.73 Å². The second-order valence-electron chi connectivity index (χ2n) is 4.34. The van der Waals surface area contributed by atoms with Crippen LogP contribution < -0.4 is 11.1 Å². The molecule has 90 valence electrons. The second-order valence-corrected chi connectivity index (χ2v) is 4.34. The van der Waals surface area contributed by atoms with Crippen molar-refractivity contribution in [1.82, 2.24) is 15.5 Å². The first-order valence-electron chi connectivity index (χ1n) is 5.61. The van der Waals surface area contributed by atoms with E-state index in [-0.39, 0.29) is 17.9 Å². The van der Waals surface area contributed by atoms with E-state index < -0.39 is 0 Å². The molecule has 0 bridgehead atoms. The Morgan fingerprint density at radius 3 is 2.56 bits per heavy atom. The van der Waals surface area contributed by atoms with Crippen molar-refractivity contribution in [3.05, 3.63) is 11.4 Å². The molecule has 1 aromatic heterocycles. The summed E-state index contributed by atoms with van der Waals surface area (Å²) in [6.45, 7) is 7.96. The first kappa shape index (κ1) is 12.5. The Morgan fingerprint density at radius 1 is 1.50 bits per heavy atom. The lowest BCUT2D eigenvalue weighted by Gasteiger charge is -2.10. The molecule has 1 aromatic rings. The molecule has 0 aliphatic rings. The Bertz CT molecular complexity index is 370. The molecule has 0 aliphatic heterocycles. The molecular weight excluding hydrogens is 204 g/mol. The van der Waals surface area contributed by atoms with E-state index in [0.29, 0.717) is 11.4 Å². The van der Waals surface area contributed by atoms with Crippen LogP contribution >= 0.6 is 0 Å². The Hall–Kier alpha value is -1.52. The molecule has 5 heteroatoms. The molecule has 0 aromatic carbocycles. The number of aromatic amines is 1. The first-order valence-corrected chi connectivity index (χ1v) is 5.61. The van der Waals surface area contributed by atoms with Gasteiger partial charge in [-0.05, 0) is 19.3 Å². The lowest BCUT2D eigenvalue weighted by molar-refractivity contribution is 0.0935. The highest BCUT2D eigenvalue weighted by Crippen LogP contribution is 2.21. The van der Waals surface area contributed by atoms with Crippen molar-refractivity contribution in [3.8, 4) is 0 Å². The predicted octanol–water partition coefficient (Wildman–Crippen LogP) is 1.64. The van der Waals surface area contributed by atoms with Crippen molar-refractivity contribution in [3.63, 3.8) is 0 Å². The van der Waals surface area contributed by atoms with Crippen LogP contribution in [0.2, 0.25) is 0 Å². The molecule has 1 unspecified atom stereocenters. The molecule has 16 heavy (non-hydrogen) atoms. The van der Waals surface area contributed by atoms with E-state index in [9.17, 15) is 4.79 Å². The van der Waals surface area contributed by atoms with Crippen molar-refractivity contribution < 1.29 is 4.79 Å². The zero-order valence-electron chi connectivity index (χ0n) is 10.3. The molecule has 1 rings (SSSR count). The minimum atomic E-state index is -0.213. The third-order valence-corrected chi connectivity index (χ3v) is 2.62. The zero-order chi connectivity index (χ0) is 12.3. The number of nitrogen functional groups attached to an aromatic ring is 1. The highest BCUT2D eigenvalue weighted by Gasteiger charge is 2.19. The first-order chi connectivity index (χ1) is 7.47. The summed E-state index contributed by atoms with van der Waals surface area (Å²) >= 11 is 0. The fraction of sp³-hybridized carbons (Fsp3) is 0.636. The summed E-state index contributed by atoms with van der Waals surface area (Å²) in [5, 5.41) is 9.61. The maximum absolute atomic E-state index is 11.8. The topological polar surface area (TPSA) is 83.8 Å². The zero-order valence-corrected chi connectivity index (χ0v) is 10.3. The fourth-order valence-corrected chi connectivity index (χ4v) is 1.37. The number of carbonyl (C=O) groups excluding carboxylic acids is 1. The van der Waals surface area contributed by atoms with Gasteiger partial charge in [-0.25, -0.2) is 0 Å². The van der Waals surface area contributed by atoms with E-state index in [1.807, 2.05) is 27.7 Å². The predicted molar refractivity (Wildman–Crippen MR) is 64.3 cm³/mol. The van der Waals surface area contributed by atoms with E-state index >= 15 is 0 Å². The molecule has 1 atom stereocenters. The van der Waals surface area contributed by atoms with Gasteiger partial charge in [-0.3, -0.25) is 9.89 Å². The molecule has 0 fully saturated rings. The number of aromatic nitrogens is 2. The van der Waals surface area contributed by atoms with E-state index in [4.69, 9.17) is 5.73 Å². The summed E-state index contributed by atoms with van der Waals surface area (Å²) < 4.78 is 0. The number of hydrogen-bond donors (Lipinski definition) is 3. The standard InChI is InChI=1S/C11H20N4O/c1-5-7(4)13-11(16)10-8(12)9(6(2)3)14-15-10/h6-7H,5,12H2,1-4H3,(H,13,16)(H,14,15). The number of amides is 1. The van der Waals surface area contributed by atoms with Crippen LogP contribution in [0.4, 0.5) is 5.69 Å². The van der Waals surface area contributed by atoms with Gasteiger partial charge in [0.15, 0.2) is 5.69 Å². The van der Waals surface area contributed by atoms with Crippen LogP contribution in [-0.4, -0.2) is 22.1 Å². The summed E-state index contributed by atoms with van der Waals surface area (Å²) in [4.78, 5) is 11.8. The average molecular weight is 224 g/mol. The van der Waals surface area contributed by atoms with Gasteiger partial charge in [0.05, 0.1) is 11.4 Å². The SMILES string of the molecule is CCC(C)NC(=O)c1n[nH]c(C(C)C)c1N. The second kappa shape index (κ2) is 5.01. The third-order valence-electron chi connectivity index (χ3n) is 2.62. The summed E-state index contributed by atoms with van der Waals surface area (Å²) in [6.07, 6.45) is 0.882. The lowest BCUT2D eigenvalue weighted by Crippen LogP contribution is -2.32. The Labute approximate surface area is 95.8 Å². The Balaban J connectivity index is 2.85. The minimum absolute atomic E-state index is 0.131. The number of H-pyrrole nitrogens is 1. The Kier molecular flexibility index (Phi) is 3.93. The van der Waals surface area contributed by atoms with Gasteiger partial charge in [-0.2, -0.15) is 5.10 Å². The van der Waals surface area contributed by atoms with Crippen molar-refractivity contribution in [2.45, 2.75) is 46.1 Å². The van der Waals surface area contributed by atoms with Crippen LogP contribution in [0.15, 0.2) is 0 Å². The number of nitrogens with two attached hydrogens (primary N) is 1. The van der Waals surface area contributed by atoms with Crippen LogP contribution in [0.5, 0.6) is 0 Å². The summed E-state index contributed by atoms with van der Waals surface area (Å²) in [6, 6.07) is 0.131. The van der Waals surface area contributed by atoms with Gasteiger partial charge >= 0.3 is 0 Å². The molecular formula is C11H20N4O. The van der Waals surface area contributed by atoms with Crippen molar-refractivity contribution in [1.29, 1.82) is 0 Å². The van der Waals surface area contributed by atoms with Crippen LogP contribution in [0.25, 0.3) is 0 Å². The van der Waals surface area contributed by atoms with E-state index in [1.165, 1.54) is 0 Å². The molecule has 0 aliphatic carbocycles. The number of carbonyl (C=O) groups is 1. The molecule has 0 saturated heterocycles. The number of anilines is 1. The van der Waals surface area contributed by atoms with Crippen LogP contribution in [0, 0.1) is 0 Å². The van der Waals surface area contributed by atoms with E-state index in [2.05, 4.69) is 15.5 Å². The van der Waals surface area contributed by atoms with Crippen molar-refractivity contribution >= 4 is 11.6 Å². The van der Waals surface area contributed by atoms with Gasteiger partial charge in [0.25, 0.3) is 5.91 Å². The van der Waals surface area contributed by atoms with E-state index in [1.54, 1.807) is 0 Å². The van der Waals surface area contributed by atoms with Gasteiger partial charge < -0.3 is 11.1 Å². The minimum Gasteiger partial charge on any atom is -0.395 e. The van der Waals surface area contributed by atoms with Crippen LogP contribution in [0.3, 0.4) is 0 Å². The van der Waals surface area contributed by atoms with Gasteiger partial charge in [-0.1, -0.05) is 20.8 Å². The summed E-state index contributed by atoms with van der Waals surface area (Å²) in [7, 11) is 0. The molecule has 0 spiro atoms. The molecule has 0 saturated carbocycles. The molecule has 1 heterocycles. The van der Waals surface area contributed by atoms with Gasteiger partial charge in [0, 0.05) is 6.04 Å². The number of nitrogens with one attached hydrogen (secondary N) is 2. The monoisotopic (exact) mass is 224 g/mol. The fourth-order valence-electron chi connectivity index (χ4n) is 1.37. The van der Waals surface area contributed by atoms with Crippen LogP contribution in [0.1, 0.15) is 56.2 Å². The molecule has 5 nitrogen and oxygen atoms in total. The number of nitrogens with zero attached hydrogens (tertiary/aromatic N) is 1.